The van der Waals surface area contributed by atoms with Gasteiger partial charge < -0.3 is 14.2 Å². The smallest absolute Gasteiger partial charge is 0.254 e. The van der Waals surface area contributed by atoms with Crippen LogP contribution in [0, 0.1) is 0 Å². The quantitative estimate of drug-likeness (QED) is 0.722. The van der Waals surface area contributed by atoms with Crippen molar-refractivity contribution in [2.45, 2.75) is 33.0 Å². The maximum atomic E-state index is 13.1. The van der Waals surface area contributed by atoms with E-state index >= 15 is 0 Å². The number of aromatic nitrogens is 4. The van der Waals surface area contributed by atoms with Crippen LogP contribution in [-0.4, -0.2) is 43.7 Å². The number of hydrogen-bond donors (Lipinski definition) is 0. The molecule has 0 saturated heterocycles. The van der Waals surface area contributed by atoms with Gasteiger partial charge in [0.15, 0.2) is 11.6 Å². The second-order valence-corrected chi connectivity index (χ2v) is 6.35. The summed E-state index contributed by atoms with van der Waals surface area (Å²) in [6.07, 6.45) is 1.75. The van der Waals surface area contributed by atoms with Crippen molar-refractivity contribution in [3.05, 3.63) is 53.7 Å². The number of pyridine rings is 1. The van der Waals surface area contributed by atoms with Crippen molar-refractivity contribution < 1.29 is 9.53 Å². The number of rotatable bonds is 4. The third kappa shape index (κ3) is 2.84. The van der Waals surface area contributed by atoms with Gasteiger partial charge in [-0.15, -0.1) is 10.2 Å². The lowest BCUT2D eigenvalue weighted by Gasteiger charge is -2.33. The summed E-state index contributed by atoms with van der Waals surface area (Å²) in [6.45, 7) is 6.33. The van der Waals surface area contributed by atoms with E-state index < -0.39 is 0 Å². The molecule has 2 aromatic heterocycles. The van der Waals surface area contributed by atoms with Gasteiger partial charge in [-0.05, 0) is 38.1 Å². The zero-order valence-electron chi connectivity index (χ0n) is 14.9. The van der Waals surface area contributed by atoms with Crippen LogP contribution in [0.15, 0.2) is 36.5 Å². The lowest BCUT2D eigenvalue weighted by molar-refractivity contribution is 0.0630. The van der Waals surface area contributed by atoms with Gasteiger partial charge in [0, 0.05) is 36.8 Å². The lowest BCUT2D eigenvalue weighted by atomic mass is 10.1. The summed E-state index contributed by atoms with van der Waals surface area (Å²) in [5.41, 5.74) is 1.55. The molecule has 0 spiro atoms. The highest BCUT2D eigenvalue weighted by Crippen LogP contribution is 2.27. The number of carbonyl (C=O) groups is 1. The van der Waals surface area contributed by atoms with Gasteiger partial charge >= 0.3 is 0 Å². The van der Waals surface area contributed by atoms with Crippen molar-refractivity contribution in [3.63, 3.8) is 0 Å². The van der Waals surface area contributed by atoms with Crippen LogP contribution in [0.4, 0.5) is 0 Å². The van der Waals surface area contributed by atoms with E-state index in [9.17, 15) is 4.79 Å². The molecule has 0 saturated carbocycles. The van der Waals surface area contributed by atoms with Crippen LogP contribution in [-0.2, 0) is 17.9 Å². The van der Waals surface area contributed by atoms with Gasteiger partial charge in [0.25, 0.3) is 5.91 Å². The predicted octanol–water partition coefficient (Wildman–Crippen LogP) is 2.58. The maximum Gasteiger partial charge on any atom is 0.254 e. The number of fused-ring (bicyclic) bond motifs is 2. The van der Waals surface area contributed by atoms with E-state index in [-0.39, 0.29) is 11.9 Å². The molecule has 1 unspecified atom stereocenters. The van der Waals surface area contributed by atoms with Gasteiger partial charge in [0.05, 0.1) is 11.6 Å². The molecular weight excluding hydrogens is 330 g/mol. The highest BCUT2D eigenvalue weighted by molar-refractivity contribution is 5.98. The number of ether oxygens (including phenoxy) is 1. The second-order valence-electron chi connectivity index (χ2n) is 6.35. The van der Waals surface area contributed by atoms with Gasteiger partial charge in [0.2, 0.25) is 0 Å². The maximum absolute atomic E-state index is 13.1. The zero-order valence-corrected chi connectivity index (χ0v) is 14.9. The minimum atomic E-state index is -0.135. The number of nitrogens with zero attached hydrogens (tertiary/aromatic N) is 5. The Bertz CT molecular complexity index is 952. The summed E-state index contributed by atoms with van der Waals surface area (Å²) in [5, 5.41) is 9.49. The van der Waals surface area contributed by atoms with Gasteiger partial charge in [-0.25, -0.2) is 0 Å². The summed E-state index contributed by atoms with van der Waals surface area (Å²) in [4.78, 5) is 19.2. The summed E-state index contributed by atoms with van der Waals surface area (Å²) in [7, 11) is 0. The fourth-order valence-electron chi connectivity index (χ4n) is 3.39. The van der Waals surface area contributed by atoms with E-state index in [0.29, 0.717) is 31.9 Å². The Balaban J connectivity index is 1.59. The van der Waals surface area contributed by atoms with Gasteiger partial charge in [-0.1, -0.05) is 6.07 Å². The van der Waals surface area contributed by atoms with E-state index in [1.165, 1.54) is 0 Å². The highest BCUT2D eigenvalue weighted by Gasteiger charge is 2.31. The topological polar surface area (TPSA) is 73.1 Å². The molecule has 3 heterocycles. The number of benzene rings is 1. The molecule has 134 valence electrons. The van der Waals surface area contributed by atoms with Crippen molar-refractivity contribution in [2.75, 3.05) is 13.2 Å². The average molecular weight is 351 g/mol. The van der Waals surface area contributed by atoms with Crippen LogP contribution >= 0.6 is 0 Å². The first-order valence-electron chi connectivity index (χ1n) is 8.84. The molecule has 1 atom stereocenters. The Morgan fingerprint density at radius 2 is 2.15 bits per heavy atom. The van der Waals surface area contributed by atoms with Crippen LogP contribution in [0.5, 0.6) is 0 Å². The monoisotopic (exact) mass is 351 g/mol. The van der Waals surface area contributed by atoms with Crippen LogP contribution in [0.3, 0.4) is 0 Å². The molecule has 26 heavy (non-hydrogen) atoms. The minimum absolute atomic E-state index is 0.00358. The number of carbonyl (C=O) groups excluding carboxylic acids is 1. The molecule has 1 aromatic carbocycles. The van der Waals surface area contributed by atoms with Crippen LogP contribution < -0.4 is 0 Å². The third-order valence-electron chi connectivity index (χ3n) is 4.81. The first-order valence-corrected chi connectivity index (χ1v) is 8.84. The Morgan fingerprint density at radius 3 is 3.00 bits per heavy atom. The van der Waals surface area contributed by atoms with Gasteiger partial charge in [0.1, 0.15) is 6.61 Å². The summed E-state index contributed by atoms with van der Waals surface area (Å²) >= 11 is 0. The van der Waals surface area contributed by atoms with Crippen LogP contribution in [0.2, 0.25) is 0 Å². The van der Waals surface area contributed by atoms with Crippen molar-refractivity contribution in [2.24, 2.45) is 0 Å². The average Bonchev–Trinajstić information content (AvgIpc) is 3.09. The third-order valence-corrected chi connectivity index (χ3v) is 4.81. The Kier molecular flexibility index (Phi) is 4.38. The number of amides is 1. The highest BCUT2D eigenvalue weighted by atomic mass is 16.5. The molecule has 1 aliphatic heterocycles. The molecule has 4 rings (SSSR count). The molecule has 1 amide bonds. The molecule has 0 radical (unpaired) electrons. The summed E-state index contributed by atoms with van der Waals surface area (Å²) in [6, 6.07) is 9.34. The van der Waals surface area contributed by atoms with E-state index in [0.717, 1.165) is 22.6 Å². The van der Waals surface area contributed by atoms with Gasteiger partial charge in [-0.3, -0.25) is 9.78 Å². The predicted molar refractivity (Wildman–Crippen MR) is 96.5 cm³/mol. The molecule has 1 aliphatic rings. The molecule has 0 bridgehead atoms. The van der Waals surface area contributed by atoms with E-state index in [1.807, 2.05) is 49.1 Å². The normalized spacial score (nSPS) is 16.7. The molecule has 0 aliphatic carbocycles. The Labute approximate surface area is 151 Å². The Morgan fingerprint density at radius 1 is 1.27 bits per heavy atom. The Hall–Kier alpha value is -2.80. The first kappa shape index (κ1) is 16.7. The molecule has 7 nitrogen and oxygen atoms in total. The minimum Gasteiger partial charge on any atom is -0.374 e. The van der Waals surface area contributed by atoms with E-state index in [2.05, 4.69) is 19.7 Å². The molecule has 0 N–H and O–H groups in total. The van der Waals surface area contributed by atoms with Crippen LogP contribution in [0.25, 0.3) is 10.9 Å². The SMILES string of the molecule is CCOCc1nnc2n1CCN(C(=O)c1ccc3ncccc3c1)C2C. The molecule has 7 heteroatoms. The molecule has 3 aromatic rings. The fourth-order valence-corrected chi connectivity index (χ4v) is 3.39. The second kappa shape index (κ2) is 6.84. The van der Waals surface area contributed by atoms with Gasteiger partial charge in [-0.2, -0.15) is 0 Å². The van der Waals surface area contributed by atoms with Crippen LogP contribution in [0.1, 0.15) is 41.9 Å². The van der Waals surface area contributed by atoms with Crippen molar-refractivity contribution in [1.82, 2.24) is 24.6 Å². The molecule has 0 fully saturated rings. The fraction of sp³-hybridized carbons (Fsp3) is 0.368. The first-order chi connectivity index (χ1) is 12.7. The van der Waals surface area contributed by atoms with Crippen molar-refractivity contribution in [3.8, 4) is 0 Å². The molecular formula is C19H21N5O2. The standard InChI is InChI=1S/C19H21N5O2/c1-3-26-12-17-21-22-18-13(2)23(9-10-24(17)18)19(25)15-6-7-16-14(11-15)5-4-8-20-16/h4-8,11,13H,3,9-10,12H2,1-2H3. The largest absolute Gasteiger partial charge is 0.374 e. The zero-order chi connectivity index (χ0) is 18.1. The van der Waals surface area contributed by atoms with Crippen molar-refractivity contribution >= 4 is 16.8 Å². The van der Waals surface area contributed by atoms with E-state index in [4.69, 9.17) is 4.74 Å². The van der Waals surface area contributed by atoms with E-state index in [1.54, 1.807) is 6.20 Å². The summed E-state index contributed by atoms with van der Waals surface area (Å²) < 4.78 is 7.52. The van der Waals surface area contributed by atoms with Crippen molar-refractivity contribution in [1.29, 1.82) is 0 Å². The lowest BCUT2D eigenvalue weighted by Crippen LogP contribution is -2.41. The summed E-state index contributed by atoms with van der Waals surface area (Å²) in [5.74, 6) is 1.63. The number of hydrogen-bond acceptors (Lipinski definition) is 5.